The number of carbonyl (C=O) groups is 2. The minimum Gasteiger partial charge on any atom is -0.508 e. The topological polar surface area (TPSA) is 120 Å². The summed E-state index contributed by atoms with van der Waals surface area (Å²) in [5, 5.41) is 21.1. The molecule has 2 atom stereocenters. The van der Waals surface area contributed by atoms with E-state index in [-0.39, 0.29) is 24.0 Å². The molecule has 172 valence electrons. The highest BCUT2D eigenvalue weighted by Gasteiger charge is 2.43. The molecule has 1 aromatic heterocycles. The number of hydrogen-bond donors (Lipinski definition) is 2. The number of piperazine rings is 1. The first kappa shape index (κ1) is 22.2. The molecule has 11 heteroatoms. The van der Waals surface area contributed by atoms with Crippen LogP contribution in [0.2, 0.25) is 0 Å². The molecule has 1 fully saturated rings. The minimum atomic E-state index is -0.997. The fourth-order valence-electron chi connectivity index (χ4n) is 4.33. The number of hydrogen-bond acceptors (Lipinski definition) is 5. The van der Waals surface area contributed by atoms with Crippen molar-refractivity contribution in [2.75, 3.05) is 14.1 Å². The van der Waals surface area contributed by atoms with Crippen molar-refractivity contribution in [3.8, 4) is 5.75 Å². The van der Waals surface area contributed by atoms with Gasteiger partial charge in [-0.3, -0.25) is 19.7 Å². The number of likely N-dealkylation sites (N-methyl/N-ethyl adjacent to an activating group) is 2. The van der Waals surface area contributed by atoms with E-state index in [1.54, 1.807) is 0 Å². The number of H-pyrrole nitrogens is 1. The number of halogens is 2. The minimum absolute atomic E-state index is 0.00672. The molecule has 0 spiro atoms. The van der Waals surface area contributed by atoms with Crippen molar-refractivity contribution >= 4 is 28.4 Å². The zero-order chi connectivity index (χ0) is 24.0. The number of benzene rings is 2. The number of nitrogens with one attached hydrogen (secondary N) is 1. The standard InChI is InChI=1S/C22H20F2N4O5/c1-26-17(7-11-5-13(23)9-14(29)6-11)21(30)27(2)18(22(26)31)8-12-10-25-16-4-3-15(24)20(19(12)16)28(32)33/h3-6,9-10,17-18,25,29H,7-8H2,1-2H3. The lowest BCUT2D eigenvalue weighted by Crippen LogP contribution is -2.63. The normalized spacial score (nSPS) is 18.9. The van der Waals surface area contributed by atoms with Crippen LogP contribution in [0, 0.1) is 21.7 Å². The molecular formula is C22H20F2N4O5. The van der Waals surface area contributed by atoms with E-state index in [0.29, 0.717) is 16.6 Å². The van der Waals surface area contributed by atoms with E-state index in [1.165, 1.54) is 48.3 Å². The van der Waals surface area contributed by atoms with Gasteiger partial charge in [0, 0.05) is 39.2 Å². The Balaban J connectivity index is 1.64. The number of amides is 2. The van der Waals surface area contributed by atoms with Crippen molar-refractivity contribution in [1.29, 1.82) is 0 Å². The van der Waals surface area contributed by atoms with Crippen molar-refractivity contribution in [3.63, 3.8) is 0 Å². The molecule has 2 N–H and O–H groups in total. The summed E-state index contributed by atoms with van der Waals surface area (Å²) >= 11 is 0. The Kier molecular flexibility index (Phi) is 5.48. The van der Waals surface area contributed by atoms with E-state index in [9.17, 15) is 33.6 Å². The summed E-state index contributed by atoms with van der Waals surface area (Å²) in [5.74, 6) is -2.78. The molecule has 0 aliphatic carbocycles. The average Bonchev–Trinajstić information content (AvgIpc) is 3.14. The lowest BCUT2D eigenvalue weighted by Gasteiger charge is -2.42. The van der Waals surface area contributed by atoms with Crippen LogP contribution in [-0.2, 0) is 22.4 Å². The molecule has 3 aromatic rings. The number of nitrogens with zero attached hydrogens (tertiary/aromatic N) is 3. The Morgan fingerprint density at radius 1 is 1.06 bits per heavy atom. The van der Waals surface area contributed by atoms with E-state index in [2.05, 4.69) is 4.98 Å². The van der Waals surface area contributed by atoms with Crippen LogP contribution in [0.15, 0.2) is 36.5 Å². The van der Waals surface area contributed by atoms with Gasteiger partial charge in [-0.1, -0.05) is 0 Å². The smallest absolute Gasteiger partial charge is 0.314 e. The highest BCUT2D eigenvalue weighted by molar-refractivity contribution is 5.98. The molecule has 2 heterocycles. The third-order valence-electron chi connectivity index (χ3n) is 6.02. The first-order valence-electron chi connectivity index (χ1n) is 10.0. The van der Waals surface area contributed by atoms with Crippen LogP contribution in [0.4, 0.5) is 14.5 Å². The van der Waals surface area contributed by atoms with Gasteiger partial charge < -0.3 is 19.9 Å². The van der Waals surface area contributed by atoms with Gasteiger partial charge in [0.05, 0.1) is 15.8 Å². The summed E-state index contributed by atoms with van der Waals surface area (Å²) in [4.78, 5) is 42.2. The highest BCUT2D eigenvalue weighted by Crippen LogP contribution is 2.33. The van der Waals surface area contributed by atoms with Crippen molar-refractivity contribution in [2.24, 2.45) is 0 Å². The molecule has 33 heavy (non-hydrogen) atoms. The van der Waals surface area contributed by atoms with Crippen LogP contribution < -0.4 is 0 Å². The third kappa shape index (κ3) is 3.86. The molecule has 0 bridgehead atoms. The van der Waals surface area contributed by atoms with Gasteiger partial charge in [-0.05, 0) is 35.4 Å². The van der Waals surface area contributed by atoms with Gasteiger partial charge in [-0.2, -0.15) is 4.39 Å². The molecule has 0 radical (unpaired) electrons. The Hall–Kier alpha value is -4.02. The second kappa shape index (κ2) is 8.15. The van der Waals surface area contributed by atoms with Crippen LogP contribution in [0.25, 0.3) is 10.9 Å². The van der Waals surface area contributed by atoms with Crippen molar-refractivity contribution in [3.05, 3.63) is 69.4 Å². The number of fused-ring (bicyclic) bond motifs is 1. The monoisotopic (exact) mass is 458 g/mol. The van der Waals surface area contributed by atoms with Crippen LogP contribution in [0.5, 0.6) is 5.75 Å². The maximum atomic E-state index is 14.2. The Morgan fingerprint density at radius 3 is 2.30 bits per heavy atom. The van der Waals surface area contributed by atoms with Gasteiger partial charge >= 0.3 is 5.69 Å². The van der Waals surface area contributed by atoms with Gasteiger partial charge in [0.2, 0.25) is 17.6 Å². The molecule has 2 unspecified atom stereocenters. The summed E-state index contributed by atoms with van der Waals surface area (Å²) in [7, 11) is 2.89. The predicted molar refractivity (Wildman–Crippen MR) is 113 cm³/mol. The number of phenols is 1. The molecule has 1 saturated heterocycles. The van der Waals surface area contributed by atoms with Crippen LogP contribution in [-0.4, -0.2) is 62.8 Å². The fourth-order valence-corrected chi connectivity index (χ4v) is 4.33. The lowest BCUT2D eigenvalue weighted by atomic mass is 9.95. The molecular weight excluding hydrogens is 438 g/mol. The number of rotatable bonds is 5. The van der Waals surface area contributed by atoms with Crippen molar-refractivity contribution < 1.29 is 28.4 Å². The number of phenolic OH excluding ortho intramolecular Hbond substituents is 1. The van der Waals surface area contributed by atoms with Crippen LogP contribution >= 0.6 is 0 Å². The molecule has 1 aliphatic heterocycles. The molecule has 2 amide bonds. The first-order chi connectivity index (χ1) is 15.6. The quantitative estimate of drug-likeness (QED) is 0.450. The summed E-state index contributed by atoms with van der Waals surface area (Å²) in [6, 6.07) is 3.90. The molecule has 0 saturated carbocycles. The van der Waals surface area contributed by atoms with Crippen LogP contribution in [0.3, 0.4) is 0 Å². The van der Waals surface area contributed by atoms with Gasteiger partial charge in [0.1, 0.15) is 23.7 Å². The number of aromatic amines is 1. The zero-order valence-corrected chi connectivity index (χ0v) is 17.7. The SMILES string of the molecule is CN1C(=O)C(Cc2c[nH]c3ccc(F)c([N+](=O)[O-])c23)N(C)C(=O)C1Cc1cc(O)cc(F)c1. The van der Waals surface area contributed by atoms with Crippen LogP contribution in [0.1, 0.15) is 11.1 Å². The Labute approximate surface area is 186 Å². The van der Waals surface area contributed by atoms with E-state index in [1.807, 2.05) is 0 Å². The van der Waals surface area contributed by atoms with E-state index < -0.39 is 46.1 Å². The molecule has 4 rings (SSSR count). The predicted octanol–water partition coefficient (Wildman–Crippen LogP) is 2.51. The summed E-state index contributed by atoms with van der Waals surface area (Å²) in [6.07, 6.45) is 1.39. The maximum Gasteiger partial charge on any atom is 0.314 e. The zero-order valence-electron chi connectivity index (χ0n) is 17.7. The first-order valence-corrected chi connectivity index (χ1v) is 10.0. The fraction of sp³-hybridized carbons (Fsp3) is 0.273. The largest absolute Gasteiger partial charge is 0.508 e. The Bertz CT molecular complexity index is 1270. The van der Waals surface area contributed by atoms with Crippen molar-refractivity contribution in [1.82, 2.24) is 14.8 Å². The number of aromatic nitrogens is 1. The van der Waals surface area contributed by atoms with Crippen molar-refractivity contribution in [2.45, 2.75) is 24.9 Å². The van der Waals surface area contributed by atoms with E-state index in [0.717, 1.165) is 12.1 Å². The maximum absolute atomic E-state index is 14.2. The average molecular weight is 458 g/mol. The van der Waals surface area contributed by atoms with Gasteiger partial charge in [-0.25, -0.2) is 4.39 Å². The second-order valence-electron chi connectivity index (χ2n) is 8.05. The highest BCUT2D eigenvalue weighted by atomic mass is 19.1. The van der Waals surface area contributed by atoms with E-state index >= 15 is 0 Å². The number of aromatic hydroxyl groups is 1. The second-order valence-corrected chi connectivity index (χ2v) is 8.05. The molecule has 1 aliphatic rings. The lowest BCUT2D eigenvalue weighted by molar-refractivity contribution is -0.385. The third-order valence-corrected chi connectivity index (χ3v) is 6.02. The van der Waals surface area contributed by atoms with E-state index in [4.69, 9.17) is 0 Å². The van der Waals surface area contributed by atoms with Gasteiger partial charge in [-0.15, -0.1) is 0 Å². The summed E-state index contributed by atoms with van der Waals surface area (Å²) < 4.78 is 27.8. The summed E-state index contributed by atoms with van der Waals surface area (Å²) in [5.41, 5.74) is 0.321. The van der Waals surface area contributed by atoms with Gasteiger partial charge in [0.15, 0.2) is 0 Å². The summed E-state index contributed by atoms with van der Waals surface area (Å²) in [6.45, 7) is 0. The number of carbonyl (C=O) groups excluding carboxylic acids is 2. The Morgan fingerprint density at radius 2 is 1.70 bits per heavy atom. The molecule has 2 aromatic carbocycles. The number of nitro groups is 1. The molecule has 9 nitrogen and oxygen atoms in total. The van der Waals surface area contributed by atoms with Gasteiger partial charge in [0.25, 0.3) is 0 Å². The number of nitro benzene ring substituents is 1.